The highest BCUT2D eigenvalue weighted by Crippen LogP contribution is 2.07. The Hall–Kier alpha value is -2.57. The highest BCUT2D eigenvalue weighted by atomic mass is 16.5. The van der Waals surface area contributed by atoms with Crippen LogP contribution in [0.5, 0.6) is 5.75 Å². The Morgan fingerprint density at radius 2 is 1.91 bits per heavy atom. The van der Waals surface area contributed by atoms with Crippen LogP contribution < -0.4 is 10.1 Å². The number of benzene rings is 1. The van der Waals surface area contributed by atoms with E-state index in [1.807, 2.05) is 6.07 Å². The molecule has 0 unspecified atom stereocenters. The number of likely N-dealkylation sites (N-methyl/N-ethyl adjacent to an activating group) is 1. The number of nitrogens with zero attached hydrogens (tertiary/aromatic N) is 1. The topological polar surface area (TPSA) is 95.9 Å². The van der Waals surface area contributed by atoms with Gasteiger partial charge < -0.3 is 20.1 Å². The monoisotopic (exact) mass is 308 g/mol. The van der Waals surface area contributed by atoms with Crippen molar-refractivity contribution in [3.8, 4) is 5.75 Å². The lowest BCUT2D eigenvalue weighted by molar-refractivity contribution is -0.138. The molecule has 7 heteroatoms. The number of rotatable bonds is 9. The molecule has 0 aliphatic carbocycles. The smallest absolute Gasteiger partial charge is 0.303 e. The van der Waals surface area contributed by atoms with Gasteiger partial charge in [-0.25, -0.2) is 0 Å². The van der Waals surface area contributed by atoms with Crippen molar-refractivity contribution in [3.63, 3.8) is 0 Å². The van der Waals surface area contributed by atoms with Gasteiger partial charge in [0.05, 0.1) is 6.54 Å². The standard InChI is InChI=1S/C15H20N2O5/c1-17(9-5-8-15(20)21)14(19)10-16-13(18)11-22-12-6-3-2-4-7-12/h2-4,6-7H,5,8-11H2,1H3,(H,16,18)(H,20,21). The fourth-order valence-electron chi connectivity index (χ4n) is 1.62. The highest BCUT2D eigenvalue weighted by Gasteiger charge is 2.11. The predicted molar refractivity (Wildman–Crippen MR) is 79.5 cm³/mol. The van der Waals surface area contributed by atoms with Crippen LogP contribution in [0, 0.1) is 0 Å². The fraction of sp³-hybridized carbons (Fsp3) is 0.400. The molecule has 0 aliphatic rings. The molecule has 0 radical (unpaired) electrons. The van der Waals surface area contributed by atoms with E-state index in [1.54, 1.807) is 31.3 Å². The van der Waals surface area contributed by atoms with E-state index < -0.39 is 11.9 Å². The van der Waals surface area contributed by atoms with E-state index >= 15 is 0 Å². The molecule has 1 aromatic carbocycles. The number of nitrogens with one attached hydrogen (secondary N) is 1. The third kappa shape index (κ3) is 7.28. The molecule has 7 nitrogen and oxygen atoms in total. The average molecular weight is 308 g/mol. The minimum atomic E-state index is -0.896. The molecule has 0 atom stereocenters. The Kier molecular flexibility index (Phi) is 7.45. The maximum absolute atomic E-state index is 11.7. The molecule has 0 spiro atoms. The molecule has 1 rings (SSSR count). The van der Waals surface area contributed by atoms with Crippen molar-refractivity contribution in [1.82, 2.24) is 10.2 Å². The van der Waals surface area contributed by atoms with E-state index in [0.29, 0.717) is 18.7 Å². The first kappa shape index (κ1) is 17.5. The molecule has 22 heavy (non-hydrogen) atoms. The second kappa shape index (κ2) is 9.38. The zero-order chi connectivity index (χ0) is 16.4. The minimum Gasteiger partial charge on any atom is -0.484 e. The van der Waals surface area contributed by atoms with Crippen LogP contribution in [0.2, 0.25) is 0 Å². The van der Waals surface area contributed by atoms with Crippen molar-refractivity contribution in [2.45, 2.75) is 12.8 Å². The molecule has 0 saturated carbocycles. The van der Waals surface area contributed by atoms with Crippen LogP contribution in [-0.4, -0.2) is 54.5 Å². The normalized spacial score (nSPS) is 9.86. The summed E-state index contributed by atoms with van der Waals surface area (Å²) in [6, 6.07) is 8.89. The fourth-order valence-corrected chi connectivity index (χ4v) is 1.62. The van der Waals surface area contributed by atoms with Gasteiger partial charge in [-0.3, -0.25) is 14.4 Å². The zero-order valence-electron chi connectivity index (χ0n) is 12.4. The quantitative estimate of drug-likeness (QED) is 0.693. The van der Waals surface area contributed by atoms with Crippen LogP contribution in [0.4, 0.5) is 0 Å². The lowest BCUT2D eigenvalue weighted by atomic mass is 10.3. The number of para-hydroxylation sites is 1. The Morgan fingerprint density at radius 3 is 2.55 bits per heavy atom. The molecule has 1 aromatic rings. The third-order valence-electron chi connectivity index (χ3n) is 2.86. The van der Waals surface area contributed by atoms with Crippen molar-refractivity contribution in [2.24, 2.45) is 0 Å². The first-order valence-electron chi connectivity index (χ1n) is 6.89. The Bertz CT molecular complexity index is 504. The Labute approximate surface area is 128 Å². The van der Waals surface area contributed by atoms with Crippen molar-refractivity contribution < 1.29 is 24.2 Å². The summed E-state index contributed by atoms with van der Waals surface area (Å²) in [6.07, 6.45) is 0.386. The molecular weight excluding hydrogens is 288 g/mol. The lowest BCUT2D eigenvalue weighted by Gasteiger charge is -2.17. The van der Waals surface area contributed by atoms with E-state index in [4.69, 9.17) is 9.84 Å². The molecule has 120 valence electrons. The first-order chi connectivity index (χ1) is 10.5. The van der Waals surface area contributed by atoms with Gasteiger partial charge in [0, 0.05) is 20.0 Å². The van der Waals surface area contributed by atoms with E-state index in [0.717, 1.165) is 0 Å². The number of carbonyl (C=O) groups excluding carboxylic acids is 2. The number of aliphatic carboxylic acids is 1. The van der Waals surface area contributed by atoms with Crippen LogP contribution in [0.3, 0.4) is 0 Å². The van der Waals surface area contributed by atoms with Crippen LogP contribution in [-0.2, 0) is 14.4 Å². The molecule has 0 saturated heterocycles. The first-order valence-corrected chi connectivity index (χ1v) is 6.89. The van der Waals surface area contributed by atoms with Gasteiger partial charge in [-0.05, 0) is 18.6 Å². The summed E-state index contributed by atoms with van der Waals surface area (Å²) < 4.78 is 5.25. The number of carboxylic acid groups (broad SMARTS) is 1. The average Bonchev–Trinajstić information content (AvgIpc) is 2.51. The Balaban J connectivity index is 2.19. The number of carbonyl (C=O) groups is 3. The van der Waals surface area contributed by atoms with Gasteiger partial charge in [0.25, 0.3) is 5.91 Å². The molecular formula is C15H20N2O5. The number of hydrogen-bond donors (Lipinski definition) is 2. The number of hydrogen-bond acceptors (Lipinski definition) is 4. The van der Waals surface area contributed by atoms with Crippen LogP contribution in [0.1, 0.15) is 12.8 Å². The summed E-state index contributed by atoms with van der Waals surface area (Å²) in [5.74, 6) is -0.989. The van der Waals surface area contributed by atoms with Gasteiger partial charge in [0.15, 0.2) is 6.61 Å². The van der Waals surface area contributed by atoms with Crippen molar-refractivity contribution in [2.75, 3.05) is 26.7 Å². The van der Waals surface area contributed by atoms with Gasteiger partial charge >= 0.3 is 5.97 Å². The van der Waals surface area contributed by atoms with E-state index in [9.17, 15) is 14.4 Å². The maximum Gasteiger partial charge on any atom is 0.303 e. The van der Waals surface area contributed by atoms with E-state index in [2.05, 4.69) is 5.32 Å². The summed E-state index contributed by atoms with van der Waals surface area (Å²) in [6.45, 7) is 0.0299. The molecule has 0 heterocycles. The van der Waals surface area contributed by atoms with Crippen LogP contribution in [0.25, 0.3) is 0 Å². The summed E-state index contributed by atoms with van der Waals surface area (Å²) in [7, 11) is 1.57. The van der Waals surface area contributed by atoms with Crippen LogP contribution >= 0.6 is 0 Å². The second-order valence-corrected chi connectivity index (χ2v) is 4.69. The van der Waals surface area contributed by atoms with Crippen molar-refractivity contribution in [1.29, 1.82) is 0 Å². The predicted octanol–water partition coefficient (Wildman–Crippen LogP) is 0.505. The highest BCUT2D eigenvalue weighted by molar-refractivity contribution is 5.85. The summed E-state index contributed by atoms with van der Waals surface area (Å²) in [5, 5.41) is 11.0. The second-order valence-electron chi connectivity index (χ2n) is 4.69. The minimum absolute atomic E-state index is 0.00882. The van der Waals surface area contributed by atoms with E-state index in [-0.39, 0.29) is 25.5 Å². The SMILES string of the molecule is CN(CCCC(=O)O)C(=O)CNC(=O)COc1ccccc1. The molecule has 2 amide bonds. The Morgan fingerprint density at radius 1 is 1.23 bits per heavy atom. The van der Waals surface area contributed by atoms with Gasteiger partial charge in [-0.15, -0.1) is 0 Å². The number of ether oxygens (including phenoxy) is 1. The summed E-state index contributed by atoms with van der Waals surface area (Å²) in [5.41, 5.74) is 0. The molecule has 2 N–H and O–H groups in total. The third-order valence-corrected chi connectivity index (χ3v) is 2.86. The van der Waals surface area contributed by atoms with Gasteiger partial charge in [0.1, 0.15) is 5.75 Å². The summed E-state index contributed by atoms with van der Waals surface area (Å²) in [4.78, 5) is 35.1. The van der Waals surface area contributed by atoms with E-state index in [1.165, 1.54) is 4.90 Å². The summed E-state index contributed by atoms with van der Waals surface area (Å²) >= 11 is 0. The molecule has 0 aliphatic heterocycles. The van der Waals surface area contributed by atoms with Gasteiger partial charge in [0.2, 0.25) is 5.91 Å². The van der Waals surface area contributed by atoms with Crippen molar-refractivity contribution >= 4 is 17.8 Å². The van der Waals surface area contributed by atoms with Crippen LogP contribution in [0.15, 0.2) is 30.3 Å². The largest absolute Gasteiger partial charge is 0.484 e. The molecule has 0 aromatic heterocycles. The number of amides is 2. The zero-order valence-corrected chi connectivity index (χ0v) is 12.4. The lowest BCUT2D eigenvalue weighted by Crippen LogP contribution is -2.40. The van der Waals surface area contributed by atoms with Gasteiger partial charge in [-0.1, -0.05) is 18.2 Å². The molecule has 0 bridgehead atoms. The van der Waals surface area contributed by atoms with Gasteiger partial charge in [-0.2, -0.15) is 0 Å². The molecule has 0 fully saturated rings. The number of carboxylic acids is 1. The van der Waals surface area contributed by atoms with Crippen molar-refractivity contribution in [3.05, 3.63) is 30.3 Å². The maximum atomic E-state index is 11.7.